The zero-order chi connectivity index (χ0) is 16.4. The highest BCUT2D eigenvalue weighted by molar-refractivity contribution is 5.90. The van der Waals surface area contributed by atoms with Crippen molar-refractivity contribution in [2.75, 3.05) is 19.0 Å². The molecule has 1 aliphatic rings. The minimum atomic E-state index is -0.0550. The Hall–Kier alpha value is -2.53. The first-order valence-electron chi connectivity index (χ1n) is 8.26. The molecule has 5 nitrogen and oxygen atoms in total. The van der Waals surface area contributed by atoms with Gasteiger partial charge in [-0.15, -0.1) is 0 Å². The van der Waals surface area contributed by atoms with Gasteiger partial charge in [0.25, 0.3) is 0 Å². The third-order valence-corrected chi connectivity index (χ3v) is 4.80. The molecule has 5 heteroatoms. The lowest BCUT2D eigenvalue weighted by Gasteiger charge is -2.40. The number of aromatic nitrogens is 3. The lowest BCUT2D eigenvalue weighted by Crippen LogP contribution is -2.45. The SMILES string of the molecule is COC1(CNc2nc(-c3cccnc3)nc3ccccc23)CCC1. The molecule has 0 aliphatic heterocycles. The topological polar surface area (TPSA) is 59.9 Å². The molecule has 122 valence electrons. The zero-order valence-corrected chi connectivity index (χ0v) is 13.7. The maximum absolute atomic E-state index is 5.71. The van der Waals surface area contributed by atoms with Crippen LogP contribution >= 0.6 is 0 Å². The second kappa shape index (κ2) is 6.17. The highest BCUT2D eigenvalue weighted by Crippen LogP contribution is 2.35. The molecule has 0 spiro atoms. The summed E-state index contributed by atoms with van der Waals surface area (Å²) < 4.78 is 5.71. The predicted octanol–water partition coefficient (Wildman–Crippen LogP) is 3.67. The highest BCUT2D eigenvalue weighted by atomic mass is 16.5. The number of benzene rings is 1. The molecule has 24 heavy (non-hydrogen) atoms. The van der Waals surface area contributed by atoms with Gasteiger partial charge in [-0.2, -0.15) is 0 Å². The van der Waals surface area contributed by atoms with E-state index in [-0.39, 0.29) is 5.60 Å². The van der Waals surface area contributed by atoms with Crippen molar-refractivity contribution in [2.24, 2.45) is 0 Å². The third-order valence-electron chi connectivity index (χ3n) is 4.80. The summed E-state index contributed by atoms with van der Waals surface area (Å²) in [4.78, 5) is 13.6. The largest absolute Gasteiger partial charge is 0.376 e. The van der Waals surface area contributed by atoms with E-state index in [9.17, 15) is 0 Å². The molecular formula is C19H20N4O. The average molecular weight is 320 g/mol. The fraction of sp³-hybridized carbons (Fsp3) is 0.316. The number of hydrogen-bond donors (Lipinski definition) is 1. The molecule has 1 N–H and O–H groups in total. The van der Waals surface area contributed by atoms with Crippen LogP contribution in [0.2, 0.25) is 0 Å². The van der Waals surface area contributed by atoms with Crippen LogP contribution in [-0.4, -0.2) is 34.2 Å². The molecule has 4 rings (SSSR count). The number of hydrogen-bond acceptors (Lipinski definition) is 5. The van der Waals surface area contributed by atoms with Gasteiger partial charge in [0.05, 0.1) is 11.1 Å². The van der Waals surface area contributed by atoms with Gasteiger partial charge in [0.1, 0.15) is 5.82 Å². The summed E-state index contributed by atoms with van der Waals surface area (Å²) in [5.41, 5.74) is 1.78. The van der Waals surface area contributed by atoms with Gasteiger partial charge >= 0.3 is 0 Å². The van der Waals surface area contributed by atoms with Crippen molar-refractivity contribution in [2.45, 2.75) is 24.9 Å². The van der Waals surface area contributed by atoms with Crippen molar-refractivity contribution in [3.05, 3.63) is 48.8 Å². The first-order valence-corrected chi connectivity index (χ1v) is 8.26. The number of nitrogens with one attached hydrogen (secondary N) is 1. The molecule has 1 fully saturated rings. The normalized spacial score (nSPS) is 15.9. The zero-order valence-electron chi connectivity index (χ0n) is 13.7. The van der Waals surface area contributed by atoms with Crippen LogP contribution in [0.15, 0.2) is 48.8 Å². The van der Waals surface area contributed by atoms with Gasteiger partial charge in [-0.25, -0.2) is 9.97 Å². The number of ether oxygens (including phenoxy) is 1. The Morgan fingerprint density at radius 2 is 2.00 bits per heavy atom. The van der Waals surface area contributed by atoms with E-state index < -0.39 is 0 Å². The Morgan fingerprint density at radius 1 is 1.12 bits per heavy atom. The Kier molecular flexibility index (Phi) is 3.86. The summed E-state index contributed by atoms with van der Waals surface area (Å²) in [7, 11) is 1.79. The van der Waals surface area contributed by atoms with Crippen molar-refractivity contribution in [1.82, 2.24) is 15.0 Å². The average Bonchev–Trinajstić information content (AvgIpc) is 2.61. The number of methoxy groups -OCH3 is 1. The minimum Gasteiger partial charge on any atom is -0.376 e. The number of anilines is 1. The molecular weight excluding hydrogens is 300 g/mol. The number of pyridine rings is 1. The third kappa shape index (κ3) is 2.71. The monoisotopic (exact) mass is 320 g/mol. The quantitative estimate of drug-likeness (QED) is 0.777. The van der Waals surface area contributed by atoms with Gasteiger partial charge in [0, 0.05) is 37.0 Å². The molecule has 0 bridgehead atoms. The van der Waals surface area contributed by atoms with Gasteiger partial charge in [-0.1, -0.05) is 12.1 Å². The molecule has 1 saturated carbocycles. The molecule has 2 aromatic heterocycles. The van der Waals surface area contributed by atoms with E-state index in [1.165, 1.54) is 6.42 Å². The van der Waals surface area contributed by atoms with Gasteiger partial charge in [-0.3, -0.25) is 4.98 Å². The lowest BCUT2D eigenvalue weighted by molar-refractivity contribution is -0.0601. The summed E-state index contributed by atoms with van der Waals surface area (Å²) in [5, 5.41) is 4.52. The van der Waals surface area contributed by atoms with E-state index in [0.717, 1.165) is 41.7 Å². The Morgan fingerprint density at radius 3 is 2.71 bits per heavy atom. The fourth-order valence-electron chi connectivity index (χ4n) is 3.10. The number of fused-ring (bicyclic) bond motifs is 1. The Bertz CT molecular complexity index is 841. The second-order valence-corrected chi connectivity index (χ2v) is 6.25. The number of para-hydroxylation sites is 1. The van der Waals surface area contributed by atoms with Gasteiger partial charge in [-0.05, 0) is 43.5 Å². The minimum absolute atomic E-state index is 0.0550. The van der Waals surface area contributed by atoms with Gasteiger partial charge < -0.3 is 10.1 Å². The van der Waals surface area contributed by atoms with Crippen LogP contribution in [0.25, 0.3) is 22.3 Å². The molecule has 0 atom stereocenters. The maximum atomic E-state index is 5.71. The van der Waals surface area contributed by atoms with Crippen LogP contribution in [0, 0.1) is 0 Å². The molecule has 3 aromatic rings. The van der Waals surface area contributed by atoms with E-state index in [1.54, 1.807) is 19.5 Å². The number of rotatable bonds is 5. The summed E-state index contributed by atoms with van der Waals surface area (Å²) in [6.07, 6.45) is 6.95. The van der Waals surface area contributed by atoms with Crippen molar-refractivity contribution in [1.29, 1.82) is 0 Å². The predicted molar refractivity (Wildman–Crippen MR) is 94.8 cm³/mol. The summed E-state index contributed by atoms with van der Waals surface area (Å²) in [6, 6.07) is 11.9. The molecule has 0 unspecified atom stereocenters. The van der Waals surface area contributed by atoms with E-state index in [4.69, 9.17) is 9.72 Å². The first-order chi connectivity index (χ1) is 11.8. The molecule has 1 aromatic carbocycles. The van der Waals surface area contributed by atoms with Crippen LogP contribution in [-0.2, 0) is 4.74 Å². The van der Waals surface area contributed by atoms with Gasteiger partial charge in [0.15, 0.2) is 5.82 Å². The van der Waals surface area contributed by atoms with Crippen molar-refractivity contribution in [3.8, 4) is 11.4 Å². The van der Waals surface area contributed by atoms with Crippen LogP contribution in [0.4, 0.5) is 5.82 Å². The number of nitrogens with zero attached hydrogens (tertiary/aromatic N) is 3. The van der Waals surface area contributed by atoms with Crippen molar-refractivity contribution >= 4 is 16.7 Å². The lowest BCUT2D eigenvalue weighted by atomic mass is 9.80. The smallest absolute Gasteiger partial charge is 0.163 e. The van der Waals surface area contributed by atoms with Crippen molar-refractivity contribution < 1.29 is 4.74 Å². The van der Waals surface area contributed by atoms with Crippen LogP contribution in [0.3, 0.4) is 0 Å². The molecule has 0 amide bonds. The second-order valence-electron chi connectivity index (χ2n) is 6.25. The molecule has 1 aliphatic carbocycles. The Labute approximate surface area is 141 Å². The van der Waals surface area contributed by atoms with Crippen molar-refractivity contribution in [3.63, 3.8) is 0 Å². The van der Waals surface area contributed by atoms with Crippen LogP contribution in [0.1, 0.15) is 19.3 Å². The maximum Gasteiger partial charge on any atom is 0.163 e. The first kappa shape index (κ1) is 15.0. The Balaban J connectivity index is 1.72. The summed E-state index contributed by atoms with van der Waals surface area (Å²) in [5.74, 6) is 1.53. The molecule has 0 radical (unpaired) electrons. The summed E-state index contributed by atoms with van der Waals surface area (Å²) >= 11 is 0. The highest BCUT2D eigenvalue weighted by Gasteiger charge is 2.36. The molecule has 0 saturated heterocycles. The van der Waals surface area contributed by atoms with Gasteiger partial charge in [0.2, 0.25) is 0 Å². The van der Waals surface area contributed by atoms with E-state index in [0.29, 0.717) is 5.82 Å². The van der Waals surface area contributed by atoms with E-state index in [2.05, 4.69) is 15.3 Å². The standard InChI is InChI=1S/C19H20N4O/c1-24-19(9-5-10-19)13-21-18-15-7-2-3-8-16(15)22-17(23-18)14-6-4-11-20-12-14/h2-4,6-8,11-12H,5,9-10,13H2,1H3,(H,21,22,23). The summed E-state index contributed by atoms with van der Waals surface area (Å²) in [6.45, 7) is 0.761. The van der Waals surface area contributed by atoms with E-state index >= 15 is 0 Å². The van der Waals surface area contributed by atoms with E-state index in [1.807, 2.05) is 36.4 Å². The fourth-order valence-corrected chi connectivity index (χ4v) is 3.10. The van der Waals surface area contributed by atoms with Crippen LogP contribution in [0.5, 0.6) is 0 Å². The van der Waals surface area contributed by atoms with Crippen LogP contribution < -0.4 is 5.32 Å². The molecule has 2 heterocycles.